The number of sulfonamides is 1. The molecule has 152 valence electrons. The van der Waals surface area contributed by atoms with Gasteiger partial charge >= 0.3 is 0 Å². The number of piperidine rings is 1. The van der Waals surface area contributed by atoms with Crippen molar-refractivity contribution in [2.24, 2.45) is 13.0 Å². The first-order valence-electron chi connectivity index (χ1n) is 9.35. The van der Waals surface area contributed by atoms with Crippen molar-refractivity contribution in [3.63, 3.8) is 0 Å². The summed E-state index contributed by atoms with van der Waals surface area (Å²) in [6, 6.07) is 5.07. The van der Waals surface area contributed by atoms with Crippen LogP contribution in [0.15, 0.2) is 29.2 Å². The number of nitrogens with zero attached hydrogens (tertiary/aromatic N) is 2. The summed E-state index contributed by atoms with van der Waals surface area (Å²) < 4.78 is 43.6. The molecule has 0 unspecified atom stereocenters. The van der Waals surface area contributed by atoms with Crippen molar-refractivity contribution in [3.05, 3.63) is 47.0 Å². The number of nitrogens with one attached hydrogen (secondary N) is 1. The van der Waals surface area contributed by atoms with Crippen molar-refractivity contribution in [2.75, 3.05) is 17.8 Å². The predicted octanol–water partition coefficient (Wildman–Crippen LogP) is 3.45. The first-order chi connectivity index (χ1) is 13.1. The Bertz CT molecular complexity index is 989. The minimum absolute atomic E-state index is 0.0135. The fourth-order valence-corrected chi connectivity index (χ4v) is 5.17. The van der Waals surface area contributed by atoms with Crippen LogP contribution in [0.5, 0.6) is 0 Å². The number of amides is 1. The van der Waals surface area contributed by atoms with E-state index >= 15 is 0 Å². The van der Waals surface area contributed by atoms with Crippen LogP contribution in [0, 0.1) is 25.6 Å². The van der Waals surface area contributed by atoms with Gasteiger partial charge in [0.25, 0.3) is 15.9 Å². The number of likely N-dealkylation sites (tertiary alicyclic amines) is 1. The number of benzene rings is 1. The molecule has 1 aromatic heterocycles. The molecule has 0 aliphatic carbocycles. The molecule has 0 radical (unpaired) electrons. The van der Waals surface area contributed by atoms with Crippen LogP contribution in [0.4, 0.5) is 10.1 Å². The molecule has 1 aromatic carbocycles. The minimum Gasteiger partial charge on any atom is -0.350 e. The van der Waals surface area contributed by atoms with Gasteiger partial charge in [0.05, 0.1) is 5.56 Å². The normalized spacial score (nSPS) is 15.7. The van der Waals surface area contributed by atoms with Crippen molar-refractivity contribution in [1.29, 1.82) is 0 Å². The third-order valence-corrected chi connectivity index (χ3v) is 7.12. The molecular formula is C20H26FN3O3S. The van der Waals surface area contributed by atoms with Gasteiger partial charge < -0.3 is 9.47 Å². The van der Waals surface area contributed by atoms with Gasteiger partial charge in [0.2, 0.25) is 0 Å². The number of rotatable bonds is 4. The lowest BCUT2D eigenvalue weighted by atomic mass is 9.98. The topological polar surface area (TPSA) is 71.4 Å². The number of hydrogen-bond donors (Lipinski definition) is 1. The van der Waals surface area contributed by atoms with Crippen LogP contribution in [0.1, 0.15) is 41.5 Å². The SMILES string of the molecule is Cc1c(C(=O)N2CCC(C)CC2)c(S(=O)(=O)Nc2ccc(F)cc2)c(C)n1C. The van der Waals surface area contributed by atoms with E-state index in [2.05, 4.69) is 11.6 Å². The van der Waals surface area contributed by atoms with Crippen LogP contribution >= 0.6 is 0 Å². The van der Waals surface area contributed by atoms with E-state index in [1.807, 2.05) is 0 Å². The first kappa shape index (κ1) is 20.4. The molecule has 0 spiro atoms. The zero-order valence-corrected chi connectivity index (χ0v) is 17.4. The molecule has 1 saturated heterocycles. The number of halogens is 1. The van der Waals surface area contributed by atoms with Crippen molar-refractivity contribution in [1.82, 2.24) is 9.47 Å². The zero-order chi connectivity index (χ0) is 20.6. The van der Waals surface area contributed by atoms with E-state index in [0.29, 0.717) is 30.4 Å². The Kier molecular flexibility index (Phi) is 5.52. The molecule has 0 saturated carbocycles. The molecule has 1 amide bonds. The van der Waals surface area contributed by atoms with Crippen LogP contribution in [-0.2, 0) is 17.1 Å². The minimum atomic E-state index is -4.02. The maximum absolute atomic E-state index is 13.2. The molecule has 0 bridgehead atoms. The molecule has 3 rings (SSSR count). The van der Waals surface area contributed by atoms with Gasteiger partial charge in [0.15, 0.2) is 0 Å². The highest BCUT2D eigenvalue weighted by Crippen LogP contribution is 2.30. The Hall–Kier alpha value is -2.35. The second kappa shape index (κ2) is 7.58. The summed E-state index contributed by atoms with van der Waals surface area (Å²) in [5.41, 5.74) is 1.55. The summed E-state index contributed by atoms with van der Waals surface area (Å²) in [7, 11) is -2.28. The van der Waals surface area contributed by atoms with Gasteiger partial charge in [0, 0.05) is 37.2 Å². The van der Waals surface area contributed by atoms with E-state index in [9.17, 15) is 17.6 Å². The average molecular weight is 408 g/mol. The highest BCUT2D eigenvalue weighted by atomic mass is 32.2. The maximum atomic E-state index is 13.2. The molecule has 28 heavy (non-hydrogen) atoms. The summed E-state index contributed by atoms with van der Waals surface area (Å²) >= 11 is 0. The lowest BCUT2D eigenvalue weighted by Crippen LogP contribution is -2.38. The van der Waals surface area contributed by atoms with Crippen LogP contribution in [0.2, 0.25) is 0 Å². The van der Waals surface area contributed by atoms with Crippen LogP contribution in [-0.4, -0.2) is 36.9 Å². The second-order valence-corrected chi connectivity index (χ2v) is 9.14. The average Bonchev–Trinajstić information content (AvgIpc) is 2.88. The van der Waals surface area contributed by atoms with E-state index in [4.69, 9.17) is 0 Å². The van der Waals surface area contributed by atoms with Crippen molar-refractivity contribution >= 4 is 21.6 Å². The molecule has 1 aliphatic rings. The molecule has 8 heteroatoms. The summed E-state index contributed by atoms with van der Waals surface area (Å²) in [6.07, 6.45) is 1.82. The standard InChI is InChI=1S/C20H26FN3O3S/c1-13-9-11-24(12-10-13)20(25)18-14(2)23(4)15(3)19(18)28(26,27)22-17-7-5-16(21)6-8-17/h5-8,13,22H,9-12H2,1-4H3. The molecule has 0 atom stereocenters. The number of carbonyl (C=O) groups excluding carboxylic acids is 1. The Morgan fingerprint density at radius 2 is 1.68 bits per heavy atom. The molecule has 2 aromatic rings. The summed E-state index contributed by atoms with van der Waals surface area (Å²) in [4.78, 5) is 14.9. The van der Waals surface area contributed by atoms with Gasteiger partial charge in [-0.3, -0.25) is 9.52 Å². The fraction of sp³-hybridized carbons (Fsp3) is 0.450. The summed E-state index contributed by atoms with van der Waals surface area (Å²) in [5, 5.41) is 0. The van der Waals surface area contributed by atoms with Gasteiger partial charge in [-0.15, -0.1) is 0 Å². The van der Waals surface area contributed by atoms with E-state index in [1.54, 1.807) is 30.4 Å². The van der Waals surface area contributed by atoms with Crippen LogP contribution in [0.3, 0.4) is 0 Å². The highest BCUT2D eigenvalue weighted by molar-refractivity contribution is 7.92. The highest BCUT2D eigenvalue weighted by Gasteiger charge is 2.33. The monoisotopic (exact) mass is 407 g/mol. The largest absolute Gasteiger partial charge is 0.350 e. The molecule has 1 fully saturated rings. The Morgan fingerprint density at radius 3 is 2.25 bits per heavy atom. The van der Waals surface area contributed by atoms with E-state index in [0.717, 1.165) is 12.8 Å². The number of carbonyl (C=O) groups is 1. The fourth-order valence-electron chi connectivity index (χ4n) is 3.59. The number of hydrogen-bond acceptors (Lipinski definition) is 3. The van der Waals surface area contributed by atoms with Crippen LogP contribution in [0.25, 0.3) is 0 Å². The van der Waals surface area contributed by atoms with Gasteiger partial charge in [-0.05, 0) is 56.9 Å². The Labute approximate surface area is 165 Å². The molecular weight excluding hydrogens is 381 g/mol. The zero-order valence-electron chi connectivity index (χ0n) is 16.6. The molecule has 1 aliphatic heterocycles. The lowest BCUT2D eigenvalue weighted by molar-refractivity contribution is 0.0692. The van der Waals surface area contributed by atoms with Gasteiger partial charge in [-0.25, -0.2) is 12.8 Å². The predicted molar refractivity (Wildman–Crippen MR) is 106 cm³/mol. The second-order valence-electron chi connectivity index (χ2n) is 7.52. The number of aromatic nitrogens is 1. The van der Waals surface area contributed by atoms with E-state index in [-0.39, 0.29) is 22.1 Å². The Balaban J connectivity index is 2.02. The van der Waals surface area contributed by atoms with Crippen molar-refractivity contribution in [2.45, 2.75) is 38.5 Å². The molecule has 1 N–H and O–H groups in total. The smallest absolute Gasteiger partial charge is 0.264 e. The third-order valence-electron chi connectivity index (χ3n) is 5.57. The van der Waals surface area contributed by atoms with E-state index in [1.165, 1.54) is 24.3 Å². The number of anilines is 1. The van der Waals surface area contributed by atoms with Crippen LogP contribution < -0.4 is 4.72 Å². The van der Waals surface area contributed by atoms with Gasteiger partial charge in [0.1, 0.15) is 10.7 Å². The van der Waals surface area contributed by atoms with Crippen molar-refractivity contribution in [3.8, 4) is 0 Å². The quantitative estimate of drug-likeness (QED) is 0.844. The van der Waals surface area contributed by atoms with Crippen molar-refractivity contribution < 1.29 is 17.6 Å². The summed E-state index contributed by atoms with van der Waals surface area (Å²) in [5.74, 6) is -0.150. The summed E-state index contributed by atoms with van der Waals surface area (Å²) in [6.45, 7) is 6.84. The Morgan fingerprint density at radius 1 is 1.11 bits per heavy atom. The molecule has 6 nitrogen and oxygen atoms in total. The maximum Gasteiger partial charge on any atom is 0.264 e. The van der Waals surface area contributed by atoms with Gasteiger partial charge in [-0.1, -0.05) is 6.92 Å². The van der Waals surface area contributed by atoms with E-state index < -0.39 is 15.8 Å². The first-order valence-corrected chi connectivity index (χ1v) is 10.8. The lowest BCUT2D eigenvalue weighted by Gasteiger charge is -2.30. The third kappa shape index (κ3) is 3.78. The van der Waals surface area contributed by atoms with Gasteiger partial charge in [-0.2, -0.15) is 0 Å². The molecule has 2 heterocycles.